The number of amides is 3. The van der Waals surface area contributed by atoms with Crippen molar-refractivity contribution in [1.82, 2.24) is 10.2 Å². The number of benzene rings is 1. The third kappa shape index (κ3) is 3.24. The lowest BCUT2D eigenvalue weighted by Crippen LogP contribution is -2.34. The van der Waals surface area contributed by atoms with Crippen LogP contribution in [0.5, 0.6) is 0 Å². The molecule has 0 aromatic heterocycles. The summed E-state index contributed by atoms with van der Waals surface area (Å²) in [4.78, 5) is 24.0. The van der Waals surface area contributed by atoms with E-state index in [1.165, 1.54) is 0 Å². The second-order valence-electron chi connectivity index (χ2n) is 4.23. The minimum absolute atomic E-state index is 0.0279. The first-order valence-electron chi connectivity index (χ1n) is 5.59. The van der Waals surface area contributed by atoms with E-state index in [1.807, 2.05) is 5.32 Å². The van der Waals surface area contributed by atoms with E-state index in [-0.39, 0.29) is 6.54 Å². The Morgan fingerprint density at radius 1 is 1.16 bits per heavy atom. The minimum Gasteiger partial charge on any atom is -0.325 e. The Hall–Kier alpha value is -2.05. The van der Waals surface area contributed by atoms with Crippen LogP contribution in [0, 0.1) is 0 Å². The van der Waals surface area contributed by atoms with Crippen molar-refractivity contribution >= 4 is 11.9 Å². The van der Waals surface area contributed by atoms with Gasteiger partial charge >= 0.3 is 12.2 Å². The average Bonchev–Trinajstić information content (AvgIpc) is 2.56. The normalized spacial score (nSPS) is 19.7. The number of hydrogen-bond donors (Lipinski definition) is 1. The molecule has 1 unspecified atom stereocenters. The number of rotatable bonds is 3. The van der Waals surface area contributed by atoms with Crippen LogP contribution < -0.4 is 5.32 Å². The van der Waals surface area contributed by atoms with Crippen molar-refractivity contribution in [1.29, 1.82) is 0 Å². The monoisotopic (exact) mass is 272 g/mol. The molecule has 1 aromatic rings. The molecule has 19 heavy (non-hydrogen) atoms. The van der Waals surface area contributed by atoms with E-state index in [0.717, 1.165) is 4.90 Å². The maximum Gasteiger partial charge on any atom is 0.391 e. The number of hydrogen-bond acceptors (Lipinski definition) is 2. The van der Waals surface area contributed by atoms with E-state index in [9.17, 15) is 22.8 Å². The van der Waals surface area contributed by atoms with E-state index in [2.05, 4.69) is 0 Å². The molecule has 1 saturated heterocycles. The highest BCUT2D eigenvalue weighted by atomic mass is 19.4. The number of carbonyl (C=O) groups excluding carboxylic acids is 2. The third-order valence-corrected chi connectivity index (χ3v) is 2.73. The van der Waals surface area contributed by atoms with E-state index >= 15 is 0 Å². The molecule has 1 N–H and O–H groups in total. The smallest absolute Gasteiger partial charge is 0.325 e. The third-order valence-electron chi connectivity index (χ3n) is 2.73. The summed E-state index contributed by atoms with van der Waals surface area (Å²) in [6, 6.07) is 6.29. The predicted octanol–water partition coefficient (Wildman–Crippen LogP) is 2.06. The molecule has 4 nitrogen and oxygen atoms in total. The second-order valence-corrected chi connectivity index (χ2v) is 4.23. The maximum atomic E-state index is 12.2. The largest absolute Gasteiger partial charge is 0.391 e. The first-order chi connectivity index (χ1) is 8.87. The van der Waals surface area contributed by atoms with Gasteiger partial charge in [0.05, 0.1) is 13.0 Å². The number of nitrogens with zero attached hydrogens (tertiary/aromatic N) is 1. The molecule has 0 aliphatic carbocycles. The second kappa shape index (κ2) is 4.91. The minimum atomic E-state index is -4.49. The van der Waals surface area contributed by atoms with Gasteiger partial charge in [0.15, 0.2) is 0 Å². The van der Waals surface area contributed by atoms with Gasteiger partial charge in [-0.25, -0.2) is 4.79 Å². The van der Waals surface area contributed by atoms with Crippen LogP contribution in [0.25, 0.3) is 0 Å². The van der Waals surface area contributed by atoms with Gasteiger partial charge in [0.25, 0.3) is 5.91 Å². The summed E-state index contributed by atoms with van der Waals surface area (Å²) in [5.74, 6) is -0.842. The molecule has 2 rings (SSSR count). The zero-order chi connectivity index (χ0) is 14.0. The first-order valence-corrected chi connectivity index (χ1v) is 5.59. The SMILES string of the molecule is O=C1NC(CC(F)(F)F)C(=O)N1Cc1ccccc1. The molecule has 1 aliphatic rings. The average molecular weight is 272 g/mol. The Kier molecular flexibility index (Phi) is 3.46. The number of halogens is 3. The first kappa shape index (κ1) is 13.4. The number of carbonyl (C=O) groups is 2. The van der Waals surface area contributed by atoms with Crippen LogP contribution in [0.2, 0.25) is 0 Å². The van der Waals surface area contributed by atoms with E-state index in [4.69, 9.17) is 0 Å². The molecule has 1 aromatic carbocycles. The summed E-state index contributed by atoms with van der Waals surface area (Å²) >= 11 is 0. The van der Waals surface area contributed by atoms with Gasteiger partial charge in [0, 0.05) is 0 Å². The summed E-state index contributed by atoms with van der Waals surface area (Å²) in [6.45, 7) is -0.0279. The Morgan fingerprint density at radius 3 is 2.37 bits per heavy atom. The van der Waals surface area contributed by atoms with E-state index in [1.54, 1.807) is 30.3 Å². The quantitative estimate of drug-likeness (QED) is 0.856. The number of nitrogens with one attached hydrogen (secondary N) is 1. The number of alkyl halides is 3. The van der Waals surface area contributed by atoms with Gasteiger partial charge in [-0.05, 0) is 5.56 Å². The van der Waals surface area contributed by atoms with Crippen LogP contribution in [0.4, 0.5) is 18.0 Å². The van der Waals surface area contributed by atoms with Crippen LogP contribution in [0.3, 0.4) is 0 Å². The van der Waals surface area contributed by atoms with Crippen molar-refractivity contribution in [3.63, 3.8) is 0 Å². The highest BCUT2D eigenvalue weighted by molar-refractivity contribution is 6.04. The van der Waals surface area contributed by atoms with Crippen LogP contribution >= 0.6 is 0 Å². The maximum absolute atomic E-state index is 12.2. The molecule has 0 saturated carbocycles. The summed E-state index contributed by atoms with van der Waals surface area (Å²) in [5, 5.41) is 2.05. The summed E-state index contributed by atoms with van der Waals surface area (Å²) in [6.07, 6.45) is -5.83. The van der Waals surface area contributed by atoms with E-state index in [0.29, 0.717) is 5.56 Å². The molecule has 0 spiro atoms. The van der Waals surface area contributed by atoms with Crippen LogP contribution in [0.15, 0.2) is 30.3 Å². The Labute approximate surface area is 107 Å². The molecule has 0 bridgehead atoms. The summed E-state index contributed by atoms with van der Waals surface area (Å²) in [7, 11) is 0. The lowest BCUT2D eigenvalue weighted by molar-refractivity contribution is -0.149. The summed E-state index contributed by atoms with van der Waals surface area (Å²) < 4.78 is 36.7. The highest BCUT2D eigenvalue weighted by Gasteiger charge is 2.44. The van der Waals surface area contributed by atoms with Crippen LogP contribution in [0.1, 0.15) is 12.0 Å². The van der Waals surface area contributed by atoms with Gasteiger partial charge in [0.1, 0.15) is 6.04 Å². The van der Waals surface area contributed by atoms with Crippen molar-refractivity contribution in [3.8, 4) is 0 Å². The zero-order valence-corrected chi connectivity index (χ0v) is 9.78. The lowest BCUT2D eigenvalue weighted by Gasteiger charge is -2.13. The summed E-state index contributed by atoms with van der Waals surface area (Å²) in [5.41, 5.74) is 0.679. The number of urea groups is 1. The Morgan fingerprint density at radius 2 is 1.79 bits per heavy atom. The van der Waals surface area contributed by atoms with Crippen molar-refractivity contribution in [2.45, 2.75) is 25.2 Å². The van der Waals surface area contributed by atoms with Crippen molar-refractivity contribution < 1.29 is 22.8 Å². The molecule has 0 radical (unpaired) electrons. The molecule has 102 valence electrons. The predicted molar refractivity (Wildman–Crippen MR) is 60.0 cm³/mol. The fourth-order valence-corrected chi connectivity index (χ4v) is 1.86. The van der Waals surface area contributed by atoms with Gasteiger partial charge in [-0.1, -0.05) is 30.3 Å². The molecule has 3 amide bonds. The molecule has 1 aliphatic heterocycles. The molecular formula is C12H11F3N2O2. The van der Waals surface area contributed by atoms with Crippen LogP contribution in [-0.4, -0.2) is 29.1 Å². The van der Waals surface area contributed by atoms with Gasteiger partial charge < -0.3 is 5.32 Å². The standard InChI is InChI=1S/C12H11F3N2O2/c13-12(14,15)6-9-10(18)17(11(19)16-9)7-8-4-2-1-3-5-8/h1-5,9H,6-7H2,(H,16,19). The molecule has 1 atom stereocenters. The number of imide groups is 1. The van der Waals surface area contributed by atoms with Gasteiger partial charge in [-0.3, -0.25) is 9.69 Å². The van der Waals surface area contributed by atoms with Crippen molar-refractivity contribution in [3.05, 3.63) is 35.9 Å². The Balaban J connectivity index is 2.07. The zero-order valence-electron chi connectivity index (χ0n) is 9.78. The molecule has 1 fully saturated rings. The van der Waals surface area contributed by atoms with Gasteiger partial charge in [0.2, 0.25) is 0 Å². The lowest BCUT2D eigenvalue weighted by atomic mass is 10.2. The topological polar surface area (TPSA) is 49.4 Å². The van der Waals surface area contributed by atoms with E-state index < -0.39 is 30.6 Å². The van der Waals surface area contributed by atoms with Crippen molar-refractivity contribution in [2.75, 3.05) is 0 Å². The fraction of sp³-hybridized carbons (Fsp3) is 0.333. The highest BCUT2D eigenvalue weighted by Crippen LogP contribution is 2.25. The van der Waals surface area contributed by atoms with Crippen LogP contribution in [-0.2, 0) is 11.3 Å². The Bertz CT molecular complexity index is 487. The molecule has 7 heteroatoms. The fourth-order valence-electron chi connectivity index (χ4n) is 1.86. The molecule has 1 heterocycles. The van der Waals surface area contributed by atoms with Gasteiger partial charge in [-0.2, -0.15) is 13.2 Å². The van der Waals surface area contributed by atoms with Crippen molar-refractivity contribution in [2.24, 2.45) is 0 Å². The molecular weight excluding hydrogens is 261 g/mol. The van der Waals surface area contributed by atoms with Gasteiger partial charge in [-0.15, -0.1) is 0 Å².